The van der Waals surface area contributed by atoms with E-state index >= 15 is 0 Å². The topological polar surface area (TPSA) is 18.5 Å². The summed E-state index contributed by atoms with van der Waals surface area (Å²) in [6.07, 6.45) is 11.0. The van der Waals surface area contributed by atoms with E-state index in [2.05, 4.69) is 12.1 Å². The largest absolute Gasteiger partial charge is 0.454 e. The minimum Gasteiger partial charge on any atom is -0.454 e. The molecule has 0 N–H and O–H groups in total. The van der Waals surface area contributed by atoms with Gasteiger partial charge in [0.25, 0.3) is 0 Å². The predicted molar refractivity (Wildman–Crippen MR) is 74.7 cm³/mol. The quantitative estimate of drug-likeness (QED) is 0.697. The lowest BCUT2D eigenvalue weighted by Crippen LogP contribution is -2.26. The molecular formula is C17H22O2. The van der Waals surface area contributed by atoms with E-state index in [1.807, 2.05) is 0 Å². The van der Waals surface area contributed by atoms with Gasteiger partial charge in [0, 0.05) is 5.56 Å². The Bertz CT molecular complexity index is 480. The van der Waals surface area contributed by atoms with Gasteiger partial charge in [-0.3, -0.25) is 0 Å². The lowest BCUT2D eigenvalue weighted by Gasteiger charge is -2.35. The number of benzene rings is 1. The molecule has 2 heteroatoms. The Balaban J connectivity index is 1.67. The van der Waals surface area contributed by atoms with Gasteiger partial charge >= 0.3 is 0 Å². The molecule has 102 valence electrons. The Labute approximate surface area is 115 Å². The summed E-state index contributed by atoms with van der Waals surface area (Å²) in [7, 11) is 0. The van der Waals surface area contributed by atoms with Crippen LogP contribution in [0.4, 0.5) is 0 Å². The average Bonchev–Trinajstić information content (AvgIpc) is 2.87. The highest BCUT2D eigenvalue weighted by Crippen LogP contribution is 2.45. The van der Waals surface area contributed by atoms with Crippen LogP contribution in [0.1, 0.15) is 49.7 Å². The van der Waals surface area contributed by atoms with Crippen molar-refractivity contribution in [2.24, 2.45) is 11.8 Å². The maximum absolute atomic E-state index is 5.71. The smallest absolute Gasteiger partial charge is 0.231 e. The normalized spacial score (nSPS) is 29.1. The summed E-state index contributed by atoms with van der Waals surface area (Å²) in [5.74, 6) is 3.80. The molecule has 1 aromatic carbocycles. The van der Waals surface area contributed by atoms with Gasteiger partial charge in [0.1, 0.15) is 0 Å². The fraction of sp³-hybridized carbons (Fsp3) is 0.647. The van der Waals surface area contributed by atoms with E-state index in [4.69, 9.17) is 9.47 Å². The van der Waals surface area contributed by atoms with Crippen molar-refractivity contribution < 1.29 is 9.47 Å². The van der Waals surface area contributed by atoms with Crippen LogP contribution < -0.4 is 9.47 Å². The molecule has 1 saturated carbocycles. The molecule has 0 amide bonds. The zero-order chi connectivity index (χ0) is 12.7. The van der Waals surface area contributed by atoms with Crippen molar-refractivity contribution in [3.05, 3.63) is 23.3 Å². The highest BCUT2D eigenvalue weighted by molar-refractivity contribution is 5.53. The van der Waals surface area contributed by atoms with E-state index in [1.54, 1.807) is 0 Å². The first-order valence-electron chi connectivity index (χ1n) is 7.82. The molecule has 2 nitrogen and oxygen atoms in total. The van der Waals surface area contributed by atoms with Crippen molar-refractivity contribution in [3.63, 3.8) is 0 Å². The van der Waals surface area contributed by atoms with E-state index in [-0.39, 0.29) is 0 Å². The highest BCUT2D eigenvalue weighted by atomic mass is 16.7. The Morgan fingerprint density at radius 3 is 2.47 bits per heavy atom. The predicted octanol–water partition coefficient (Wildman–Crippen LogP) is 4.10. The van der Waals surface area contributed by atoms with Gasteiger partial charge in [0.15, 0.2) is 11.5 Å². The lowest BCUT2D eigenvalue weighted by atomic mass is 9.70. The monoisotopic (exact) mass is 258 g/mol. The molecule has 0 saturated heterocycles. The van der Waals surface area contributed by atoms with Crippen molar-refractivity contribution in [2.45, 2.75) is 51.4 Å². The Morgan fingerprint density at radius 2 is 1.63 bits per heavy atom. The average molecular weight is 258 g/mol. The third kappa shape index (κ3) is 2.01. The SMILES string of the molecule is c1cc2c(c3c1CC1CCCCCC[C@@H]1C3)OCO2. The summed E-state index contributed by atoms with van der Waals surface area (Å²) in [4.78, 5) is 0. The first kappa shape index (κ1) is 11.6. The van der Waals surface area contributed by atoms with Gasteiger partial charge in [-0.05, 0) is 49.1 Å². The molecule has 3 aliphatic rings. The Morgan fingerprint density at radius 1 is 0.842 bits per heavy atom. The van der Waals surface area contributed by atoms with Gasteiger partial charge in [0.2, 0.25) is 6.79 Å². The molecule has 1 aliphatic heterocycles. The molecular weight excluding hydrogens is 236 g/mol. The molecule has 19 heavy (non-hydrogen) atoms. The summed E-state index contributed by atoms with van der Waals surface area (Å²) in [5, 5.41) is 0. The van der Waals surface area contributed by atoms with Crippen molar-refractivity contribution >= 4 is 0 Å². The zero-order valence-corrected chi connectivity index (χ0v) is 11.5. The van der Waals surface area contributed by atoms with Crippen molar-refractivity contribution in [2.75, 3.05) is 6.79 Å². The van der Waals surface area contributed by atoms with Gasteiger partial charge < -0.3 is 9.47 Å². The number of ether oxygens (including phenoxy) is 2. The molecule has 0 bridgehead atoms. The van der Waals surface area contributed by atoms with E-state index < -0.39 is 0 Å². The summed E-state index contributed by atoms with van der Waals surface area (Å²) >= 11 is 0. The summed E-state index contributed by atoms with van der Waals surface area (Å²) in [6, 6.07) is 4.38. The van der Waals surface area contributed by atoms with Gasteiger partial charge in [-0.25, -0.2) is 0 Å². The second-order valence-corrected chi connectivity index (χ2v) is 6.36. The molecule has 1 fully saturated rings. The van der Waals surface area contributed by atoms with Crippen LogP contribution in [0.2, 0.25) is 0 Å². The minimum atomic E-state index is 0.403. The molecule has 0 aromatic heterocycles. The number of rotatable bonds is 0. The van der Waals surface area contributed by atoms with E-state index in [0.717, 1.165) is 23.3 Å². The number of hydrogen-bond donors (Lipinski definition) is 0. The molecule has 2 atom stereocenters. The zero-order valence-electron chi connectivity index (χ0n) is 11.5. The maximum Gasteiger partial charge on any atom is 0.231 e. The fourth-order valence-corrected chi connectivity index (χ4v) is 4.21. The Hall–Kier alpha value is -1.18. The second-order valence-electron chi connectivity index (χ2n) is 6.36. The fourth-order valence-electron chi connectivity index (χ4n) is 4.21. The molecule has 1 aromatic rings. The summed E-state index contributed by atoms with van der Waals surface area (Å²) in [5.41, 5.74) is 2.97. The third-order valence-corrected chi connectivity index (χ3v) is 5.25. The van der Waals surface area contributed by atoms with Crippen LogP contribution in [0.5, 0.6) is 11.5 Å². The second kappa shape index (κ2) is 4.73. The van der Waals surface area contributed by atoms with E-state index in [0.29, 0.717) is 6.79 Å². The van der Waals surface area contributed by atoms with Gasteiger partial charge in [-0.15, -0.1) is 0 Å². The standard InChI is InChI=1S/C17H22O2/c1-2-4-6-13-10-15-14(9-12(13)5-3-1)7-8-16-17(15)19-11-18-16/h7-8,12-13H,1-6,9-11H2/t12?,13-/m1/s1. The van der Waals surface area contributed by atoms with E-state index in [9.17, 15) is 0 Å². The summed E-state index contributed by atoms with van der Waals surface area (Å²) in [6.45, 7) is 0.403. The highest BCUT2D eigenvalue weighted by Gasteiger charge is 2.32. The molecule has 0 radical (unpaired) electrons. The van der Waals surface area contributed by atoms with Gasteiger partial charge in [0.05, 0.1) is 0 Å². The van der Waals surface area contributed by atoms with Crippen LogP contribution >= 0.6 is 0 Å². The van der Waals surface area contributed by atoms with Crippen molar-refractivity contribution in [3.8, 4) is 11.5 Å². The van der Waals surface area contributed by atoms with Crippen LogP contribution in [0.15, 0.2) is 12.1 Å². The molecule has 4 rings (SSSR count). The van der Waals surface area contributed by atoms with Crippen LogP contribution in [-0.2, 0) is 12.8 Å². The molecule has 0 spiro atoms. The third-order valence-electron chi connectivity index (χ3n) is 5.25. The lowest BCUT2D eigenvalue weighted by molar-refractivity contribution is 0.171. The maximum atomic E-state index is 5.71. The minimum absolute atomic E-state index is 0.403. The summed E-state index contributed by atoms with van der Waals surface area (Å²) < 4.78 is 11.2. The van der Waals surface area contributed by atoms with Gasteiger partial charge in [-0.2, -0.15) is 0 Å². The molecule has 2 aliphatic carbocycles. The van der Waals surface area contributed by atoms with Crippen LogP contribution in [0.3, 0.4) is 0 Å². The van der Waals surface area contributed by atoms with Crippen molar-refractivity contribution in [1.29, 1.82) is 0 Å². The van der Waals surface area contributed by atoms with Crippen LogP contribution in [-0.4, -0.2) is 6.79 Å². The van der Waals surface area contributed by atoms with Gasteiger partial charge in [-0.1, -0.05) is 31.7 Å². The van der Waals surface area contributed by atoms with Crippen molar-refractivity contribution in [1.82, 2.24) is 0 Å². The first-order chi connectivity index (χ1) is 9.42. The molecule has 1 heterocycles. The number of fused-ring (bicyclic) bond motifs is 4. The van der Waals surface area contributed by atoms with E-state index in [1.165, 1.54) is 62.5 Å². The van der Waals surface area contributed by atoms with Crippen LogP contribution in [0.25, 0.3) is 0 Å². The first-order valence-corrected chi connectivity index (χ1v) is 7.82. The Kier molecular flexibility index (Phi) is 2.90. The molecule has 1 unspecified atom stereocenters. The van der Waals surface area contributed by atoms with Crippen LogP contribution in [0, 0.1) is 11.8 Å². The number of hydrogen-bond acceptors (Lipinski definition) is 2.